The summed E-state index contributed by atoms with van der Waals surface area (Å²) in [7, 11) is 7.26. The number of carbonyl (C=O) groups excluding carboxylic acids is 1. The van der Waals surface area contributed by atoms with Crippen LogP contribution >= 0.6 is 23.7 Å². The Labute approximate surface area is 203 Å². The van der Waals surface area contributed by atoms with Gasteiger partial charge in [0.1, 0.15) is 34.9 Å². The van der Waals surface area contributed by atoms with E-state index in [4.69, 9.17) is 23.9 Å². The molecular formula is C23H28ClN3O5S. The third kappa shape index (κ3) is 5.26. The van der Waals surface area contributed by atoms with Crippen LogP contribution < -0.4 is 23.8 Å². The molecule has 3 aromatic rings. The highest BCUT2D eigenvalue weighted by Gasteiger charge is 2.25. The molecule has 0 unspecified atom stereocenters. The van der Waals surface area contributed by atoms with Crippen molar-refractivity contribution in [3.63, 3.8) is 0 Å². The van der Waals surface area contributed by atoms with Crippen molar-refractivity contribution in [2.24, 2.45) is 0 Å². The average Bonchev–Trinajstić information content (AvgIpc) is 3.25. The highest BCUT2D eigenvalue weighted by atomic mass is 35.5. The van der Waals surface area contributed by atoms with Crippen molar-refractivity contribution in [3.05, 3.63) is 35.9 Å². The van der Waals surface area contributed by atoms with E-state index in [1.165, 1.54) is 11.3 Å². The fourth-order valence-corrected chi connectivity index (χ4v) is 4.65. The molecule has 0 saturated carbocycles. The molecule has 0 radical (unpaired) electrons. The van der Waals surface area contributed by atoms with Crippen LogP contribution in [0.15, 0.2) is 30.3 Å². The second kappa shape index (κ2) is 10.9. The first kappa shape index (κ1) is 24.9. The molecule has 1 aliphatic rings. The number of ether oxygens (including phenoxy) is 4. The van der Waals surface area contributed by atoms with Gasteiger partial charge in [0.25, 0.3) is 5.91 Å². The van der Waals surface area contributed by atoms with Crippen molar-refractivity contribution in [1.29, 1.82) is 0 Å². The molecule has 1 amide bonds. The average molecular weight is 494 g/mol. The Balaban J connectivity index is 0.00000306. The minimum atomic E-state index is -0.141. The van der Waals surface area contributed by atoms with Crippen molar-refractivity contribution in [2.45, 2.75) is 6.42 Å². The van der Waals surface area contributed by atoms with Crippen LogP contribution in [-0.4, -0.2) is 70.4 Å². The predicted molar refractivity (Wildman–Crippen MR) is 132 cm³/mol. The molecule has 1 aromatic heterocycles. The second-order valence-electron chi connectivity index (χ2n) is 7.62. The number of aromatic nitrogens is 1. The van der Waals surface area contributed by atoms with Crippen molar-refractivity contribution in [3.8, 4) is 23.0 Å². The number of anilines is 1. The summed E-state index contributed by atoms with van der Waals surface area (Å²) in [6.45, 7) is 2.35. The van der Waals surface area contributed by atoms with Crippen LogP contribution in [0.25, 0.3) is 10.2 Å². The zero-order valence-electron chi connectivity index (χ0n) is 19.1. The molecule has 0 fully saturated rings. The fourth-order valence-electron chi connectivity index (χ4n) is 3.55. The lowest BCUT2D eigenvalue weighted by atomic mass is 10.1. The third-order valence-corrected chi connectivity index (χ3v) is 6.24. The van der Waals surface area contributed by atoms with Crippen LogP contribution in [-0.2, 0) is 0 Å². The Hall–Kier alpha value is -2.75. The normalized spacial score (nSPS) is 12.4. The zero-order chi connectivity index (χ0) is 22.7. The number of thiazole rings is 1. The van der Waals surface area contributed by atoms with E-state index < -0.39 is 0 Å². The van der Waals surface area contributed by atoms with Gasteiger partial charge in [-0.1, -0.05) is 11.3 Å². The van der Waals surface area contributed by atoms with Gasteiger partial charge < -0.3 is 23.8 Å². The van der Waals surface area contributed by atoms with Gasteiger partial charge in [0, 0.05) is 12.1 Å². The largest absolute Gasteiger partial charge is 0.495 e. The van der Waals surface area contributed by atoms with E-state index in [2.05, 4.69) is 4.90 Å². The molecule has 2 heterocycles. The molecule has 0 aliphatic carbocycles. The second-order valence-corrected chi connectivity index (χ2v) is 8.59. The summed E-state index contributed by atoms with van der Waals surface area (Å²) in [5.41, 5.74) is 1.21. The molecular weight excluding hydrogens is 466 g/mol. The van der Waals surface area contributed by atoms with Crippen LogP contribution in [0.4, 0.5) is 5.13 Å². The number of rotatable bonds is 8. The summed E-state index contributed by atoms with van der Waals surface area (Å²) >= 11 is 1.42. The molecule has 2 aromatic carbocycles. The van der Waals surface area contributed by atoms with E-state index in [1.54, 1.807) is 37.3 Å². The number of hydrogen-bond acceptors (Lipinski definition) is 8. The van der Waals surface area contributed by atoms with Gasteiger partial charge in [0.2, 0.25) is 0 Å². The fraction of sp³-hybridized carbons (Fsp3) is 0.391. The number of benzene rings is 2. The highest BCUT2D eigenvalue weighted by Crippen LogP contribution is 2.40. The number of hydrogen-bond donors (Lipinski definition) is 0. The summed E-state index contributed by atoms with van der Waals surface area (Å²) in [6, 6.07) is 8.96. The SMILES string of the molecule is COc1ccc(OC)c2sc(N(CCCN(C)C)C(=O)c3ccc4c(c3)OCCO4)nc12.Cl. The molecule has 4 rings (SSSR count). The third-order valence-electron chi connectivity index (χ3n) is 5.15. The Morgan fingerprint density at radius 3 is 2.42 bits per heavy atom. The van der Waals surface area contributed by atoms with Gasteiger partial charge in [-0.15, -0.1) is 12.4 Å². The van der Waals surface area contributed by atoms with Gasteiger partial charge >= 0.3 is 0 Å². The topological polar surface area (TPSA) is 73.4 Å². The standard InChI is InChI=1S/C23H27N3O5S.ClH/c1-25(2)10-5-11-26(22(27)15-6-7-16-19(14-15)31-13-12-30-16)23-24-20-17(28-3)8-9-18(29-4)21(20)32-23;/h6-9,14H,5,10-13H2,1-4H3;1H. The number of nitrogens with zero attached hydrogens (tertiary/aromatic N) is 3. The first-order chi connectivity index (χ1) is 15.5. The maximum Gasteiger partial charge on any atom is 0.260 e. The monoisotopic (exact) mass is 493 g/mol. The number of carbonyl (C=O) groups is 1. The predicted octanol–water partition coefficient (Wildman–Crippen LogP) is 4.11. The minimum absolute atomic E-state index is 0. The smallest absolute Gasteiger partial charge is 0.260 e. The first-order valence-electron chi connectivity index (χ1n) is 10.4. The van der Waals surface area contributed by atoms with Gasteiger partial charge in [-0.05, 0) is 57.4 Å². The number of amides is 1. The number of halogens is 1. The molecule has 0 N–H and O–H groups in total. The summed E-state index contributed by atoms with van der Waals surface area (Å²) in [5.74, 6) is 2.44. The quantitative estimate of drug-likeness (QED) is 0.467. The molecule has 0 atom stereocenters. The number of methoxy groups -OCH3 is 2. The van der Waals surface area contributed by atoms with Gasteiger partial charge in [-0.3, -0.25) is 9.69 Å². The Kier molecular flexibility index (Phi) is 8.23. The van der Waals surface area contributed by atoms with E-state index in [-0.39, 0.29) is 18.3 Å². The van der Waals surface area contributed by atoms with E-state index in [0.717, 1.165) is 17.7 Å². The lowest BCUT2D eigenvalue weighted by Crippen LogP contribution is -2.33. The van der Waals surface area contributed by atoms with Crippen LogP contribution in [0.1, 0.15) is 16.8 Å². The molecule has 178 valence electrons. The van der Waals surface area contributed by atoms with Crippen molar-refractivity contribution in [2.75, 3.05) is 59.5 Å². The van der Waals surface area contributed by atoms with E-state index in [9.17, 15) is 4.79 Å². The van der Waals surface area contributed by atoms with Crippen molar-refractivity contribution < 1.29 is 23.7 Å². The minimum Gasteiger partial charge on any atom is -0.495 e. The molecule has 0 saturated heterocycles. The Morgan fingerprint density at radius 1 is 1.03 bits per heavy atom. The zero-order valence-corrected chi connectivity index (χ0v) is 20.8. The van der Waals surface area contributed by atoms with Crippen LogP contribution in [0.5, 0.6) is 23.0 Å². The van der Waals surface area contributed by atoms with E-state index in [1.807, 2.05) is 26.2 Å². The number of fused-ring (bicyclic) bond motifs is 2. The first-order valence-corrected chi connectivity index (χ1v) is 11.2. The molecule has 0 spiro atoms. The molecule has 33 heavy (non-hydrogen) atoms. The van der Waals surface area contributed by atoms with Gasteiger partial charge in [0.05, 0.1) is 14.2 Å². The molecule has 10 heteroatoms. The summed E-state index contributed by atoms with van der Waals surface area (Å²) in [6.07, 6.45) is 0.799. The summed E-state index contributed by atoms with van der Waals surface area (Å²) < 4.78 is 23.1. The lowest BCUT2D eigenvalue weighted by molar-refractivity contribution is 0.0984. The van der Waals surface area contributed by atoms with Crippen LogP contribution in [0, 0.1) is 0 Å². The Morgan fingerprint density at radius 2 is 1.73 bits per heavy atom. The van der Waals surface area contributed by atoms with Gasteiger partial charge in [-0.25, -0.2) is 4.98 Å². The summed E-state index contributed by atoms with van der Waals surface area (Å²) in [4.78, 5) is 22.2. The van der Waals surface area contributed by atoms with E-state index >= 15 is 0 Å². The van der Waals surface area contributed by atoms with Crippen LogP contribution in [0.2, 0.25) is 0 Å². The lowest BCUT2D eigenvalue weighted by Gasteiger charge is -2.23. The van der Waals surface area contributed by atoms with Crippen molar-refractivity contribution >= 4 is 45.0 Å². The van der Waals surface area contributed by atoms with Crippen LogP contribution in [0.3, 0.4) is 0 Å². The molecule has 8 nitrogen and oxygen atoms in total. The molecule has 1 aliphatic heterocycles. The Bertz CT molecular complexity index is 1080. The maximum absolute atomic E-state index is 13.6. The van der Waals surface area contributed by atoms with E-state index in [0.29, 0.717) is 59.0 Å². The maximum atomic E-state index is 13.6. The summed E-state index contributed by atoms with van der Waals surface area (Å²) in [5, 5.41) is 0.599. The molecule has 0 bridgehead atoms. The van der Waals surface area contributed by atoms with Gasteiger partial charge in [-0.2, -0.15) is 0 Å². The highest BCUT2D eigenvalue weighted by molar-refractivity contribution is 7.22. The van der Waals surface area contributed by atoms with Crippen molar-refractivity contribution in [1.82, 2.24) is 9.88 Å². The van der Waals surface area contributed by atoms with Gasteiger partial charge in [0.15, 0.2) is 16.6 Å².